The van der Waals surface area contributed by atoms with Gasteiger partial charge in [-0.05, 0) is 64.2 Å². The maximum Gasteiger partial charge on any atom is 0.165 e. The molecule has 0 aliphatic carbocycles. The third kappa shape index (κ3) is 3.80. The standard InChI is InChI=1S/C25H28FN7/c1-15-14-32(16(2)13-31(15)4)23-8-5-19(12-20(23)26)33-17(3)29-22-7-6-21(30-25(22)33)18-9-10-28-24(27)11-18/h5-12,15-16H,13-14H2,1-4H3,(H2,27,28)/t15-,16-/m0/s1. The zero-order chi connectivity index (χ0) is 23.3. The molecule has 1 aliphatic heterocycles. The molecule has 3 aromatic heterocycles. The van der Waals surface area contributed by atoms with Crippen molar-refractivity contribution in [2.45, 2.75) is 32.9 Å². The molecule has 0 unspecified atom stereocenters. The number of aryl methyl sites for hydroxylation is 1. The van der Waals surface area contributed by atoms with Crippen molar-refractivity contribution < 1.29 is 4.39 Å². The number of halogens is 1. The maximum absolute atomic E-state index is 15.4. The summed E-state index contributed by atoms with van der Waals surface area (Å²) in [7, 11) is 2.12. The molecule has 2 N–H and O–H groups in total. The smallest absolute Gasteiger partial charge is 0.165 e. The van der Waals surface area contributed by atoms with E-state index >= 15 is 4.39 Å². The van der Waals surface area contributed by atoms with Crippen molar-refractivity contribution in [3.05, 3.63) is 60.3 Å². The Kier molecular flexibility index (Phi) is 5.25. The van der Waals surface area contributed by atoms with Gasteiger partial charge in [-0.1, -0.05) is 0 Å². The first kappa shape index (κ1) is 21.3. The van der Waals surface area contributed by atoms with E-state index in [0.717, 1.165) is 35.7 Å². The van der Waals surface area contributed by atoms with Crippen LogP contribution < -0.4 is 10.6 Å². The number of fused-ring (bicyclic) bond motifs is 1. The molecule has 0 amide bonds. The molecule has 1 fully saturated rings. The van der Waals surface area contributed by atoms with Crippen LogP contribution in [0.15, 0.2) is 48.7 Å². The fraction of sp³-hybridized carbons (Fsp3) is 0.320. The number of nitrogens with two attached hydrogens (primary N) is 1. The van der Waals surface area contributed by atoms with Crippen LogP contribution in [0, 0.1) is 12.7 Å². The van der Waals surface area contributed by atoms with Crippen LogP contribution in [0.1, 0.15) is 19.7 Å². The van der Waals surface area contributed by atoms with Gasteiger partial charge in [0.05, 0.1) is 17.1 Å². The second-order valence-corrected chi connectivity index (χ2v) is 8.93. The topological polar surface area (TPSA) is 76.1 Å². The van der Waals surface area contributed by atoms with E-state index in [2.05, 4.69) is 40.7 Å². The average Bonchev–Trinajstić information content (AvgIpc) is 3.11. The lowest BCUT2D eigenvalue weighted by Crippen LogP contribution is -2.55. The van der Waals surface area contributed by atoms with Gasteiger partial charge in [0.25, 0.3) is 0 Å². The Balaban J connectivity index is 1.56. The summed E-state index contributed by atoms with van der Waals surface area (Å²) >= 11 is 0. The van der Waals surface area contributed by atoms with E-state index in [1.165, 1.54) is 0 Å². The SMILES string of the molecule is Cc1nc2ccc(-c3ccnc(N)c3)nc2n1-c1ccc(N2C[C@H](C)N(C)C[C@@H]2C)c(F)c1. The number of pyridine rings is 2. The molecule has 33 heavy (non-hydrogen) atoms. The molecule has 4 aromatic rings. The van der Waals surface area contributed by atoms with Crippen molar-refractivity contribution in [3.63, 3.8) is 0 Å². The van der Waals surface area contributed by atoms with Gasteiger partial charge in [0.2, 0.25) is 0 Å². The van der Waals surface area contributed by atoms with Crippen molar-refractivity contribution >= 4 is 22.7 Å². The molecule has 7 nitrogen and oxygen atoms in total. The highest BCUT2D eigenvalue weighted by Gasteiger charge is 2.28. The van der Waals surface area contributed by atoms with Crippen LogP contribution in [-0.2, 0) is 0 Å². The summed E-state index contributed by atoms with van der Waals surface area (Å²) in [5.74, 6) is 0.942. The van der Waals surface area contributed by atoms with Crippen molar-refractivity contribution in [2.24, 2.45) is 0 Å². The van der Waals surface area contributed by atoms with Crippen LogP contribution in [0.5, 0.6) is 0 Å². The van der Waals surface area contributed by atoms with Gasteiger partial charge >= 0.3 is 0 Å². The second-order valence-electron chi connectivity index (χ2n) is 8.93. The first-order chi connectivity index (χ1) is 15.8. The van der Waals surface area contributed by atoms with Crippen LogP contribution in [0.25, 0.3) is 28.1 Å². The molecule has 4 heterocycles. The predicted molar refractivity (Wildman–Crippen MR) is 130 cm³/mol. The summed E-state index contributed by atoms with van der Waals surface area (Å²) in [6.07, 6.45) is 1.66. The molecule has 0 saturated carbocycles. The minimum Gasteiger partial charge on any atom is -0.384 e. The van der Waals surface area contributed by atoms with Crippen LogP contribution in [0.2, 0.25) is 0 Å². The van der Waals surface area contributed by atoms with Crippen LogP contribution in [0.3, 0.4) is 0 Å². The van der Waals surface area contributed by atoms with Gasteiger partial charge in [0.15, 0.2) is 5.65 Å². The van der Waals surface area contributed by atoms with E-state index in [-0.39, 0.29) is 11.9 Å². The lowest BCUT2D eigenvalue weighted by Gasteiger charge is -2.43. The molecule has 8 heteroatoms. The van der Waals surface area contributed by atoms with Gasteiger partial charge in [-0.2, -0.15) is 0 Å². The summed E-state index contributed by atoms with van der Waals surface area (Å²) in [6.45, 7) is 7.91. The number of rotatable bonds is 3. The highest BCUT2D eigenvalue weighted by atomic mass is 19.1. The number of hydrogen-bond donors (Lipinski definition) is 1. The number of hydrogen-bond acceptors (Lipinski definition) is 6. The Bertz CT molecular complexity index is 1330. The lowest BCUT2D eigenvalue weighted by molar-refractivity contribution is 0.205. The molecule has 5 rings (SSSR count). The van der Waals surface area contributed by atoms with Crippen molar-refractivity contribution in [3.8, 4) is 16.9 Å². The predicted octanol–water partition coefficient (Wildman–Crippen LogP) is 4.04. The summed E-state index contributed by atoms with van der Waals surface area (Å²) in [5, 5.41) is 0. The van der Waals surface area contributed by atoms with Crippen LogP contribution in [0.4, 0.5) is 15.9 Å². The third-order valence-electron chi connectivity index (χ3n) is 6.55. The second kappa shape index (κ2) is 8.12. The quantitative estimate of drug-likeness (QED) is 0.513. The maximum atomic E-state index is 15.4. The van der Waals surface area contributed by atoms with Gasteiger partial charge in [-0.3, -0.25) is 9.47 Å². The number of nitrogens with zero attached hydrogens (tertiary/aromatic N) is 6. The molecule has 2 atom stereocenters. The average molecular weight is 446 g/mol. The van der Waals surface area contributed by atoms with Gasteiger partial charge in [-0.15, -0.1) is 0 Å². The number of anilines is 2. The van der Waals surface area contributed by atoms with Gasteiger partial charge < -0.3 is 10.6 Å². The zero-order valence-corrected chi connectivity index (χ0v) is 19.3. The minimum atomic E-state index is -0.240. The van der Waals surface area contributed by atoms with E-state index in [1.54, 1.807) is 18.3 Å². The molecule has 1 saturated heterocycles. The summed E-state index contributed by atoms with van der Waals surface area (Å²) in [6, 6.07) is 13.5. The van der Waals surface area contributed by atoms with E-state index in [1.807, 2.05) is 41.8 Å². The number of benzene rings is 1. The highest BCUT2D eigenvalue weighted by Crippen LogP contribution is 2.30. The molecule has 0 bridgehead atoms. The van der Waals surface area contributed by atoms with Gasteiger partial charge in [0.1, 0.15) is 23.0 Å². The fourth-order valence-corrected chi connectivity index (χ4v) is 4.65. The molecule has 0 spiro atoms. The molecule has 1 aliphatic rings. The lowest BCUT2D eigenvalue weighted by atomic mass is 10.1. The Labute approximate surface area is 192 Å². The van der Waals surface area contributed by atoms with Crippen molar-refractivity contribution in [1.82, 2.24) is 24.4 Å². The first-order valence-corrected chi connectivity index (χ1v) is 11.2. The summed E-state index contributed by atoms with van der Waals surface area (Å²) < 4.78 is 17.3. The van der Waals surface area contributed by atoms with E-state index in [0.29, 0.717) is 28.9 Å². The normalized spacial score (nSPS) is 19.4. The molecular formula is C25H28FN7. The van der Waals surface area contributed by atoms with E-state index in [4.69, 9.17) is 10.7 Å². The number of likely N-dealkylation sites (N-methyl/N-ethyl adjacent to an activating group) is 1. The monoisotopic (exact) mass is 445 g/mol. The Morgan fingerprint density at radius 2 is 1.82 bits per heavy atom. The first-order valence-electron chi connectivity index (χ1n) is 11.2. The van der Waals surface area contributed by atoms with E-state index < -0.39 is 0 Å². The molecule has 170 valence electrons. The van der Waals surface area contributed by atoms with Crippen LogP contribution in [-0.4, -0.2) is 56.6 Å². The Hall–Kier alpha value is -3.52. The van der Waals surface area contributed by atoms with E-state index in [9.17, 15) is 0 Å². The molecule has 0 radical (unpaired) electrons. The third-order valence-corrected chi connectivity index (χ3v) is 6.55. The number of aromatic nitrogens is 4. The summed E-state index contributed by atoms with van der Waals surface area (Å²) in [5.41, 5.74) is 10.2. The Morgan fingerprint density at radius 1 is 1.00 bits per heavy atom. The largest absolute Gasteiger partial charge is 0.384 e. The van der Waals surface area contributed by atoms with Crippen molar-refractivity contribution in [2.75, 3.05) is 30.8 Å². The number of nitrogen functional groups attached to an aromatic ring is 1. The summed E-state index contributed by atoms with van der Waals surface area (Å²) in [4.78, 5) is 18.0. The van der Waals surface area contributed by atoms with Crippen LogP contribution >= 0.6 is 0 Å². The van der Waals surface area contributed by atoms with Gasteiger partial charge in [-0.25, -0.2) is 19.3 Å². The van der Waals surface area contributed by atoms with Crippen molar-refractivity contribution in [1.29, 1.82) is 0 Å². The molecule has 1 aromatic carbocycles. The fourth-order valence-electron chi connectivity index (χ4n) is 4.65. The minimum absolute atomic E-state index is 0.236. The highest BCUT2D eigenvalue weighted by molar-refractivity contribution is 5.78. The number of imidazole rings is 1. The molecular weight excluding hydrogens is 417 g/mol. The Morgan fingerprint density at radius 3 is 2.58 bits per heavy atom. The number of piperazine rings is 1. The zero-order valence-electron chi connectivity index (χ0n) is 19.3. The van der Waals surface area contributed by atoms with Gasteiger partial charge in [0, 0.05) is 43.0 Å².